The lowest BCUT2D eigenvalue weighted by Crippen LogP contribution is -2.54. The average Bonchev–Trinajstić information content (AvgIpc) is 2.61. The lowest BCUT2D eigenvalue weighted by atomic mass is 10.1. The number of para-hydroxylation sites is 2. The summed E-state index contributed by atoms with van der Waals surface area (Å²) in [5.74, 6) is -0.372. The maximum absolute atomic E-state index is 13.1. The van der Waals surface area contributed by atoms with Crippen molar-refractivity contribution in [2.75, 3.05) is 4.90 Å². The van der Waals surface area contributed by atoms with Crippen LogP contribution in [0.2, 0.25) is 0 Å². The largest absolute Gasteiger partial charge is 0.490 e. The molecular formula is C21H20N2O3S. The van der Waals surface area contributed by atoms with Gasteiger partial charge in [-0.2, -0.15) is 0 Å². The first kappa shape index (κ1) is 18.8. The van der Waals surface area contributed by atoms with Gasteiger partial charge in [-0.25, -0.2) is 0 Å². The van der Waals surface area contributed by atoms with Gasteiger partial charge in [-0.05, 0) is 56.8 Å². The molecule has 27 heavy (non-hydrogen) atoms. The number of ether oxygens (including phenoxy) is 1. The maximum Gasteiger partial charge on any atom is 0.270 e. The van der Waals surface area contributed by atoms with Gasteiger partial charge < -0.3 is 4.74 Å². The molecule has 5 nitrogen and oxygen atoms in total. The van der Waals surface area contributed by atoms with Crippen LogP contribution in [0.1, 0.15) is 25.0 Å². The van der Waals surface area contributed by atoms with E-state index < -0.39 is 11.8 Å². The van der Waals surface area contributed by atoms with Crippen molar-refractivity contribution in [2.24, 2.45) is 0 Å². The van der Waals surface area contributed by atoms with Gasteiger partial charge in [0.05, 0.1) is 11.8 Å². The Balaban J connectivity index is 2.04. The number of hydrogen-bond acceptors (Lipinski definition) is 4. The van der Waals surface area contributed by atoms with E-state index in [2.05, 4.69) is 5.32 Å². The number of carbonyl (C=O) groups is 2. The van der Waals surface area contributed by atoms with E-state index in [-0.39, 0.29) is 16.8 Å². The summed E-state index contributed by atoms with van der Waals surface area (Å²) >= 11 is 5.24. The van der Waals surface area contributed by atoms with E-state index in [0.29, 0.717) is 17.0 Å². The molecule has 2 aromatic carbocycles. The summed E-state index contributed by atoms with van der Waals surface area (Å²) in [6.07, 6.45) is 1.51. The van der Waals surface area contributed by atoms with Crippen LogP contribution in [0, 0.1) is 6.92 Å². The molecule has 1 fully saturated rings. The topological polar surface area (TPSA) is 58.6 Å². The van der Waals surface area contributed by atoms with Crippen molar-refractivity contribution in [3.63, 3.8) is 0 Å². The van der Waals surface area contributed by atoms with Gasteiger partial charge in [-0.1, -0.05) is 36.4 Å². The van der Waals surface area contributed by atoms with Gasteiger partial charge in [0, 0.05) is 5.56 Å². The SMILES string of the molecule is Cc1ccccc1N1C(=O)/C(=C/c2ccccc2OC(C)C)C(=O)NC1=S. The van der Waals surface area contributed by atoms with Crippen molar-refractivity contribution >= 4 is 40.9 Å². The summed E-state index contributed by atoms with van der Waals surface area (Å²) in [6, 6.07) is 14.7. The summed E-state index contributed by atoms with van der Waals surface area (Å²) < 4.78 is 5.78. The van der Waals surface area contributed by atoms with Gasteiger partial charge in [-0.3, -0.25) is 19.8 Å². The minimum absolute atomic E-state index is 0.00617. The fourth-order valence-electron chi connectivity index (χ4n) is 2.81. The normalized spacial score (nSPS) is 16.1. The molecule has 138 valence electrons. The molecule has 0 atom stereocenters. The molecule has 2 aromatic rings. The smallest absolute Gasteiger partial charge is 0.270 e. The zero-order valence-corrected chi connectivity index (χ0v) is 16.2. The predicted molar refractivity (Wildman–Crippen MR) is 110 cm³/mol. The molecule has 0 bridgehead atoms. The van der Waals surface area contributed by atoms with Crippen molar-refractivity contribution in [1.82, 2.24) is 5.32 Å². The van der Waals surface area contributed by atoms with E-state index >= 15 is 0 Å². The van der Waals surface area contributed by atoms with Crippen LogP contribution in [-0.4, -0.2) is 23.0 Å². The fraction of sp³-hybridized carbons (Fsp3) is 0.190. The molecule has 1 aliphatic rings. The molecule has 0 saturated carbocycles. The monoisotopic (exact) mass is 380 g/mol. The van der Waals surface area contributed by atoms with Crippen molar-refractivity contribution < 1.29 is 14.3 Å². The minimum Gasteiger partial charge on any atom is -0.490 e. The third kappa shape index (κ3) is 3.90. The van der Waals surface area contributed by atoms with Crippen LogP contribution in [-0.2, 0) is 9.59 Å². The Labute approximate surface area is 163 Å². The second-order valence-electron chi connectivity index (χ2n) is 6.45. The van der Waals surface area contributed by atoms with Gasteiger partial charge in [-0.15, -0.1) is 0 Å². The Morgan fingerprint density at radius 1 is 1.07 bits per heavy atom. The van der Waals surface area contributed by atoms with Crippen LogP contribution in [0.15, 0.2) is 54.1 Å². The van der Waals surface area contributed by atoms with Crippen LogP contribution in [0.3, 0.4) is 0 Å². The average molecular weight is 380 g/mol. The quantitative estimate of drug-likeness (QED) is 0.500. The summed E-state index contributed by atoms with van der Waals surface area (Å²) in [5, 5.41) is 2.68. The highest BCUT2D eigenvalue weighted by molar-refractivity contribution is 7.80. The van der Waals surface area contributed by atoms with Crippen LogP contribution >= 0.6 is 12.2 Å². The zero-order chi connectivity index (χ0) is 19.6. The molecule has 0 aliphatic carbocycles. The highest BCUT2D eigenvalue weighted by Crippen LogP contribution is 2.27. The van der Waals surface area contributed by atoms with E-state index in [1.807, 2.05) is 51.1 Å². The minimum atomic E-state index is -0.519. The third-order valence-corrected chi connectivity index (χ3v) is 4.32. The lowest BCUT2D eigenvalue weighted by Gasteiger charge is -2.30. The van der Waals surface area contributed by atoms with Crippen LogP contribution in [0.5, 0.6) is 5.75 Å². The molecule has 2 amide bonds. The van der Waals surface area contributed by atoms with Gasteiger partial charge >= 0.3 is 0 Å². The molecule has 0 radical (unpaired) electrons. The number of aryl methyl sites for hydroxylation is 1. The molecule has 0 spiro atoms. The summed E-state index contributed by atoms with van der Waals surface area (Å²) in [5.41, 5.74) is 2.19. The van der Waals surface area contributed by atoms with Crippen molar-refractivity contribution in [2.45, 2.75) is 26.9 Å². The van der Waals surface area contributed by atoms with Crippen molar-refractivity contribution in [1.29, 1.82) is 0 Å². The number of benzene rings is 2. The Kier molecular flexibility index (Phi) is 5.37. The molecule has 0 aromatic heterocycles. The molecule has 6 heteroatoms. The number of amides is 2. The third-order valence-electron chi connectivity index (χ3n) is 4.04. The first-order valence-corrected chi connectivity index (χ1v) is 9.02. The highest BCUT2D eigenvalue weighted by Gasteiger charge is 2.35. The van der Waals surface area contributed by atoms with Crippen LogP contribution < -0.4 is 15.0 Å². The van der Waals surface area contributed by atoms with Gasteiger partial charge in [0.1, 0.15) is 11.3 Å². The Bertz CT molecular complexity index is 950. The molecule has 0 unspecified atom stereocenters. The molecule has 1 aliphatic heterocycles. The van der Waals surface area contributed by atoms with Crippen LogP contribution in [0.4, 0.5) is 5.69 Å². The standard InChI is InChI=1S/C21H20N2O3S/c1-13(2)26-18-11-7-5-9-15(18)12-16-19(24)22-21(27)23(20(16)25)17-10-6-4-8-14(17)3/h4-13H,1-3H3,(H,22,24,27)/b16-12+. The number of rotatable bonds is 4. The molecule has 1 saturated heterocycles. The van der Waals surface area contributed by atoms with E-state index in [1.165, 1.54) is 4.90 Å². The van der Waals surface area contributed by atoms with Gasteiger partial charge in [0.15, 0.2) is 5.11 Å². The van der Waals surface area contributed by atoms with E-state index in [4.69, 9.17) is 17.0 Å². The predicted octanol–water partition coefficient (Wildman–Crippen LogP) is 3.61. The Morgan fingerprint density at radius 2 is 1.74 bits per heavy atom. The number of hydrogen-bond donors (Lipinski definition) is 1. The molecule has 3 rings (SSSR count). The molecule has 1 heterocycles. The van der Waals surface area contributed by atoms with E-state index in [0.717, 1.165) is 5.56 Å². The second kappa shape index (κ2) is 7.72. The first-order chi connectivity index (χ1) is 12.9. The van der Waals surface area contributed by atoms with E-state index in [9.17, 15) is 9.59 Å². The number of nitrogens with one attached hydrogen (secondary N) is 1. The maximum atomic E-state index is 13.1. The number of nitrogens with zero attached hydrogens (tertiary/aromatic N) is 1. The fourth-order valence-corrected chi connectivity index (χ4v) is 3.08. The van der Waals surface area contributed by atoms with Crippen LogP contribution in [0.25, 0.3) is 6.08 Å². The first-order valence-electron chi connectivity index (χ1n) is 8.61. The Hall–Kier alpha value is -2.99. The number of anilines is 1. The highest BCUT2D eigenvalue weighted by atomic mass is 32.1. The van der Waals surface area contributed by atoms with Gasteiger partial charge in [0.2, 0.25) is 0 Å². The lowest BCUT2D eigenvalue weighted by molar-refractivity contribution is -0.122. The van der Waals surface area contributed by atoms with Gasteiger partial charge in [0.25, 0.3) is 11.8 Å². The Morgan fingerprint density at radius 3 is 2.44 bits per heavy atom. The number of carbonyl (C=O) groups excluding carboxylic acids is 2. The van der Waals surface area contributed by atoms with Crippen molar-refractivity contribution in [3.05, 3.63) is 65.2 Å². The molecule has 1 N–H and O–H groups in total. The molecular weight excluding hydrogens is 360 g/mol. The summed E-state index contributed by atoms with van der Waals surface area (Å²) in [4.78, 5) is 26.9. The van der Waals surface area contributed by atoms with E-state index in [1.54, 1.807) is 24.3 Å². The van der Waals surface area contributed by atoms with Crippen molar-refractivity contribution in [3.8, 4) is 5.75 Å². The summed E-state index contributed by atoms with van der Waals surface area (Å²) in [7, 11) is 0. The second-order valence-corrected chi connectivity index (χ2v) is 6.84. The summed E-state index contributed by atoms with van der Waals surface area (Å²) in [6.45, 7) is 5.72. The zero-order valence-electron chi connectivity index (χ0n) is 15.4. The number of thiocarbonyl (C=S) groups is 1.